The van der Waals surface area contributed by atoms with Gasteiger partial charge in [0.05, 0.1) is 21.2 Å². The first-order chi connectivity index (χ1) is 14.5. The first kappa shape index (κ1) is 20.2. The molecule has 2 aromatic carbocycles. The van der Waals surface area contributed by atoms with E-state index in [1.165, 1.54) is 12.3 Å². The number of aromatic nitrogens is 2. The molecule has 5 nitrogen and oxygen atoms in total. The number of benzene rings is 2. The maximum absolute atomic E-state index is 13.2. The molecule has 4 aromatic rings. The molecule has 1 N–H and O–H groups in total. The fourth-order valence-electron chi connectivity index (χ4n) is 2.81. The fraction of sp³-hybridized carbons (Fsp3) is 0. The zero-order valence-electron chi connectivity index (χ0n) is 15.3. The van der Waals surface area contributed by atoms with Gasteiger partial charge in [-0.25, -0.2) is 8.42 Å². The SMILES string of the molecule is O=S(=O)(Nc1ccccc1C#Cc1cccnc1)c1cccc2c(Cl)c(Cl)cnc12. The minimum absolute atomic E-state index is 0.00594. The van der Waals surface area contributed by atoms with E-state index in [2.05, 4.69) is 26.5 Å². The topological polar surface area (TPSA) is 72.0 Å². The van der Waals surface area contributed by atoms with Crippen LogP contribution < -0.4 is 4.72 Å². The van der Waals surface area contributed by atoms with Gasteiger partial charge in [-0.05, 0) is 30.3 Å². The van der Waals surface area contributed by atoms with Crippen molar-refractivity contribution < 1.29 is 8.42 Å². The number of nitrogens with zero attached hydrogens (tertiary/aromatic N) is 2. The van der Waals surface area contributed by atoms with Gasteiger partial charge in [-0.3, -0.25) is 14.7 Å². The van der Waals surface area contributed by atoms with Crippen molar-refractivity contribution in [3.8, 4) is 11.8 Å². The lowest BCUT2D eigenvalue weighted by Gasteiger charge is -2.12. The highest BCUT2D eigenvalue weighted by molar-refractivity contribution is 7.93. The van der Waals surface area contributed by atoms with Crippen molar-refractivity contribution in [3.05, 3.63) is 94.4 Å². The minimum atomic E-state index is -3.97. The third-order valence-corrected chi connectivity index (χ3v) is 6.40. The highest BCUT2D eigenvalue weighted by Crippen LogP contribution is 2.32. The van der Waals surface area contributed by atoms with E-state index >= 15 is 0 Å². The molecule has 0 saturated carbocycles. The molecular weight excluding hydrogens is 441 g/mol. The summed E-state index contributed by atoms with van der Waals surface area (Å²) in [6.07, 6.45) is 4.62. The van der Waals surface area contributed by atoms with E-state index in [-0.39, 0.29) is 20.5 Å². The molecule has 0 aliphatic carbocycles. The highest BCUT2D eigenvalue weighted by atomic mass is 35.5. The second-order valence-electron chi connectivity index (χ2n) is 6.22. The van der Waals surface area contributed by atoms with Crippen LogP contribution in [-0.2, 0) is 10.0 Å². The molecule has 0 atom stereocenters. The zero-order valence-corrected chi connectivity index (χ0v) is 17.6. The summed E-state index contributed by atoms with van der Waals surface area (Å²) in [7, 11) is -3.97. The number of hydrogen-bond acceptors (Lipinski definition) is 4. The van der Waals surface area contributed by atoms with Gasteiger partial charge >= 0.3 is 0 Å². The average molecular weight is 454 g/mol. The van der Waals surface area contributed by atoms with Crippen molar-refractivity contribution in [1.29, 1.82) is 0 Å². The molecule has 8 heteroatoms. The lowest BCUT2D eigenvalue weighted by atomic mass is 10.2. The van der Waals surface area contributed by atoms with Crippen LogP contribution in [0.3, 0.4) is 0 Å². The molecule has 0 saturated heterocycles. The average Bonchev–Trinajstić information content (AvgIpc) is 2.76. The molecule has 0 radical (unpaired) electrons. The maximum atomic E-state index is 13.2. The predicted octanol–water partition coefficient (Wildman–Crippen LogP) is 5.14. The summed E-state index contributed by atoms with van der Waals surface area (Å²) < 4.78 is 28.9. The van der Waals surface area contributed by atoms with Gasteiger partial charge in [-0.15, -0.1) is 0 Å². The number of anilines is 1. The van der Waals surface area contributed by atoms with Crippen LogP contribution in [0.1, 0.15) is 11.1 Å². The molecule has 0 unspecified atom stereocenters. The van der Waals surface area contributed by atoms with Gasteiger partial charge in [0.15, 0.2) is 0 Å². The van der Waals surface area contributed by atoms with Gasteiger partial charge in [0.2, 0.25) is 0 Å². The van der Waals surface area contributed by atoms with Crippen molar-refractivity contribution in [2.45, 2.75) is 4.90 Å². The molecule has 0 aliphatic rings. The van der Waals surface area contributed by atoms with Crippen LogP contribution in [0.2, 0.25) is 10.0 Å². The van der Waals surface area contributed by atoms with Crippen LogP contribution in [0.5, 0.6) is 0 Å². The predicted molar refractivity (Wildman–Crippen MR) is 119 cm³/mol. The van der Waals surface area contributed by atoms with E-state index in [4.69, 9.17) is 23.2 Å². The van der Waals surface area contributed by atoms with E-state index in [0.29, 0.717) is 16.6 Å². The number of hydrogen-bond donors (Lipinski definition) is 1. The number of nitrogens with one attached hydrogen (secondary N) is 1. The lowest BCUT2D eigenvalue weighted by Crippen LogP contribution is -2.14. The van der Waals surface area contributed by atoms with Gasteiger partial charge < -0.3 is 0 Å². The zero-order chi connectivity index (χ0) is 21.1. The number of para-hydroxylation sites is 2. The van der Waals surface area contributed by atoms with Crippen molar-refractivity contribution in [3.63, 3.8) is 0 Å². The summed E-state index contributed by atoms with van der Waals surface area (Å²) in [5.41, 5.74) is 1.84. The van der Waals surface area contributed by atoms with Gasteiger partial charge in [-0.2, -0.15) is 0 Å². The number of rotatable bonds is 3. The normalized spacial score (nSPS) is 11.0. The summed E-state index contributed by atoms with van der Waals surface area (Å²) in [4.78, 5) is 8.19. The van der Waals surface area contributed by atoms with Gasteiger partial charge in [0, 0.05) is 35.1 Å². The van der Waals surface area contributed by atoms with Crippen LogP contribution in [0.4, 0.5) is 5.69 Å². The lowest BCUT2D eigenvalue weighted by molar-refractivity contribution is 0.602. The molecule has 0 spiro atoms. The largest absolute Gasteiger partial charge is 0.278 e. The summed E-state index contributed by atoms with van der Waals surface area (Å²) in [6.45, 7) is 0. The summed E-state index contributed by atoms with van der Waals surface area (Å²) in [6, 6.07) is 15.2. The Bertz CT molecular complexity index is 1410. The number of pyridine rings is 2. The Kier molecular flexibility index (Phi) is 5.60. The smallest absolute Gasteiger partial charge is 0.264 e. The summed E-state index contributed by atoms with van der Waals surface area (Å²) in [5, 5.41) is 0.959. The maximum Gasteiger partial charge on any atom is 0.264 e. The van der Waals surface area contributed by atoms with E-state index in [0.717, 1.165) is 5.56 Å². The number of halogens is 2. The van der Waals surface area contributed by atoms with Crippen LogP contribution in [0.15, 0.2) is 78.1 Å². The van der Waals surface area contributed by atoms with Crippen LogP contribution in [-0.4, -0.2) is 18.4 Å². The molecule has 4 rings (SSSR count). The Morgan fingerprint density at radius 1 is 0.900 bits per heavy atom. The summed E-state index contributed by atoms with van der Waals surface area (Å²) in [5.74, 6) is 5.96. The molecular formula is C22H13Cl2N3O2S. The van der Waals surface area contributed by atoms with E-state index < -0.39 is 10.0 Å². The second-order valence-corrected chi connectivity index (χ2v) is 8.65. The van der Waals surface area contributed by atoms with Crippen molar-refractivity contribution >= 4 is 49.8 Å². The Labute approximate surface area is 183 Å². The molecule has 148 valence electrons. The minimum Gasteiger partial charge on any atom is -0.278 e. The Morgan fingerprint density at radius 3 is 2.53 bits per heavy atom. The van der Waals surface area contributed by atoms with E-state index in [9.17, 15) is 8.42 Å². The molecule has 2 aromatic heterocycles. The van der Waals surface area contributed by atoms with Crippen molar-refractivity contribution in [1.82, 2.24) is 9.97 Å². The molecule has 30 heavy (non-hydrogen) atoms. The molecule has 0 amide bonds. The molecule has 0 aliphatic heterocycles. The first-order valence-electron chi connectivity index (χ1n) is 8.72. The van der Waals surface area contributed by atoms with Gasteiger partial charge in [0.1, 0.15) is 4.90 Å². The highest BCUT2D eigenvalue weighted by Gasteiger charge is 2.21. The third kappa shape index (κ3) is 4.10. The number of sulfonamides is 1. The molecule has 2 heterocycles. The Morgan fingerprint density at radius 2 is 1.73 bits per heavy atom. The van der Waals surface area contributed by atoms with E-state index in [1.807, 2.05) is 6.07 Å². The second kappa shape index (κ2) is 8.33. The van der Waals surface area contributed by atoms with E-state index in [1.54, 1.807) is 54.9 Å². The first-order valence-corrected chi connectivity index (χ1v) is 11.0. The van der Waals surface area contributed by atoms with Crippen LogP contribution in [0.25, 0.3) is 10.9 Å². The third-order valence-electron chi connectivity index (χ3n) is 4.22. The van der Waals surface area contributed by atoms with Crippen LogP contribution in [0, 0.1) is 11.8 Å². The summed E-state index contributed by atoms with van der Waals surface area (Å²) >= 11 is 12.2. The Hall–Kier alpha value is -3.11. The van der Waals surface area contributed by atoms with Gasteiger partial charge in [0.25, 0.3) is 10.0 Å². The van der Waals surface area contributed by atoms with Crippen molar-refractivity contribution in [2.24, 2.45) is 0 Å². The quantitative estimate of drug-likeness (QED) is 0.436. The van der Waals surface area contributed by atoms with Crippen LogP contribution >= 0.6 is 23.2 Å². The van der Waals surface area contributed by atoms with Gasteiger partial charge in [-0.1, -0.05) is 59.3 Å². The molecule has 0 fully saturated rings. The fourth-order valence-corrected chi connectivity index (χ4v) is 4.42. The monoisotopic (exact) mass is 453 g/mol. The number of fused-ring (bicyclic) bond motifs is 1. The Balaban J connectivity index is 1.75. The standard InChI is InChI=1S/C22H13Cl2N3O2S/c23-18-14-26-22-17(21(18)24)7-3-9-20(22)30(28,29)27-19-8-2-1-6-16(19)11-10-15-5-4-12-25-13-15/h1-9,12-14,27H. The van der Waals surface area contributed by atoms with Crippen molar-refractivity contribution in [2.75, 3.05) is 4.72 Å². The molecule has 0 bridgehead atoms.